The predicted molar refractivity (Wildman–Crippen MR) is 83.6 cm³/mol. The van der Waals surface area contributed by atoms with Crippen molar-refractivity contribution in [3.05, 3.63) is 27.6 Å². The van der Waals surface area contributed by atoms with Crippen LogP contribution in [0.2, 0.25) is 0 Å². The largest absolute Gasteiger partial charge is 0.381 e. The Kier molecular flexibility index (Phi) is 3.01. The molecule has 1 aromatic rings. The first-order chi connectivity index (χ1) is 9.22. The minimum Gasteiger partial charge on any atom is -0.381 e. The molecule has 2 bridgehead atoms. The normalized spacial score (nSPS) is 39.6. The highest BCUT2D eigenvalue weighted by atomic mass is 127. The molecule has 5 unspecified atom stereocenters. The van der Waals surface area contributed by atoms with Crippen LogP contribution in [0.4, 0.5) is 10.1 Å². The molecule has 0 aliphatic heterocycles. The van der Waals surface area contributed by atoms with E-state index in [9.17, 15) is 4.39 Å². The van der Waals surface area contributed by atoms with Gasteiger partial charge in [0.05, 0.1) is 0 Å². The molecule has 0 aromatic heterocycles. The van der Waals surface area contributed by atoms with Gasteiger partial charge in [-0.15, -0.1) is 0 Å². The first-order valence-corrected chi connectivity index (χ1v) is 8.52. The fraction of sp³-hybridized carbons (Fsp3) is 0.625. The summed E-state index contributed by atoms with van der Waals surface area (Å²) >= 11 is 2.23. The van der Waals surface area contributed by atoms with Gasteiger partial charge in [0.2, 0.25) is 0 Å². The van der Waals surface area contributed by atoms with Crippen LogP contribution < -0.4 is 5.32 Å². The maximum Gasteiger partial charge on any atom is 0.124 e. The summed E-state index contributed by atoms with van der Waals surface area (Å²) in [5.41, 5.74) is 1.12. The molecule has 0 heterocycles. The van der Waals surface area contributed by atoms with Crippen molar-refractivity contribution in [2.75, 3.05) is 5.32 Å². The predicted octanol–water partition coefficient (Wildman–Crippen LogP) is 4.67. The summed E-state index contributed by atoms with van der Waals surface area (Å²) in [6, 6.07) is 5.71. The molecule has 0 amide bonds. The van der Waals surface area contributed by atoms with Crippen LogP contribution in [-0.2, 0) is 0 Å². The number of nitrogens with one attached hydrogen (secondary N) is 1. The highest BCUT2D eigenvalue weighted by Crippen LogP contribution is 2.59. The van der Waals surface area contributed by atoms with Gasteiger partial charge in [-0.25, -0.2) is 4.39 Å². The minimum atomic E-state index is -0.140. The maximum absolute atomic E-state index is 13.2. The summed E-state index contributed by atoms with van der Waals surface area (Å²) in [7, 11) is 0. The lowest BCUT2D eigenvalue weighted by atomic mass is 9.79. The third kappa shape index (κ3) is 1.99. The Hall–Kier alpha value is -0.320. The van der Waals surface area contributed by atoms with Crippen LogP contribution >= 0.6 is 22.6 Å². The summed E-state index contributed by atoms with van der Waals surface area (Å²) in [5, 5.41) is 3.71. The highest BCUT2D eigenvalue weighted by Gasteiger charge is 2.53. The quantitative estimate of drug-likeness (QED) is 0.746. The Morgan fingerprint density at radius 2 is 1.95 bits per heavy atom. The first-order valence-electron chi connectivity index (χ1n) is 7.44. The van der Waals surface area contributed by atoms with Crippen LogP contribution in [0.3, 0.4) is 0 Å². The molecule has 1 aromatic carbocycles. The number of hydrogen-bond acceptors (Lipinski definition) is 1. The molecule has 0 saturated heterocycles. The molecule has 0 radical (unpaired) electrons. The van der Waals surface area contributed by atoms with E-state index in [1.807, 2.05) is 6.07 Å². The van der Waals surface area contributed by atoms with E-state index in [-0.39, 0.29) is 5.82 Å². The van der Waals surface area contributed by atoms with E-state index in [1.165, 1.54) is 32.1 Å². The molecule has 0 spiro atoms. The van der Waals surface area contributed by atoms with E-state index in [2.05, 4.69) is 27.9 Å². The van der Waals surface area contributed by atoms with Crippen LogP contribution in [0.25, 0.3) is 0 Å². The molecule has 4 rings (SSSR count). The van der Waals surface area contributed by atoms with Gasteiger partial charge < -0.3 is 5.32 Å². The zero-order chi connectivity index (χ0) is 13.0. The average molecular weight is 371 g/mol. The van der Waals surface area contributed by atoms with Crippen LogP contribution in [-0.4, -0.2) is 6.04 Å². The van der Waals surface area contributed by atoms with E-state index in [0.29, 0.717) is 6.04 Å². The van der Waals surface area contributed by atoms with E-state index in [1.54, 1.807) is 12.1 Å². The van der Waals surface area contributed by atoms with Crippen molar-refractivity contribution in [2.45, 2.75) is 38.1 Å². The molecule has 3 aliphatic carbocycles. The lowest BCUT2D eigenvalue weighted by molar-refractivity contribution is 0.243. The number of rotatable bonds is 2. The van der Waals surface area contributed by atoms with Gasteiger partial charge in [0.15, 0.2) is 0 Å². The van der Waals surface area contributed by atoms with Crippen LogP contribution in [0.15, 0.2) is 18.2 Å². The molecule has 3 heteroatoms. The smallest absolute Gasteiger partial charge is 0.124 e. The van der Waals surface area contributed by atoms with Crippen LogP contribution in [0, 0.1) is 33.1 Å². The molecule has 5 atom stereocenters. The van der Waals surface area contributed by atoms with Crippen LogP contribution in [0.5, 0.6) is 0 Å². The van der Waals surface area contributed by atoms with Gasteiger partial charge in [-0.2, -0.15) is 0 Å². The van der Waals surface area contributed by atoms with Gasteiger partial charge in [0.25, 0.3) is 0 Å². The van der Waals surface area contributed by atoms with Gasteiger partial charge in [-0.3, -0.25) is 0 Å². The van der Waals surface area contributed by atoms with Crippen molar-refractivity contribution < 1.29 is 4.39 Å². The van der Waals surface area contributed by atoms with Gasteiger partial charge in [0.1, 0.15) is 5.82 Å². The van der Waals surface area contributed by atoms with Crippen molar-refractivity contribution in [3.8, 4) is 0 Å². The van der Waals surface area contributed by atoms with Gasteiger partial charge in [0, 0.05) is 15.3 Å². The van der Waals surface area contributed by atoms with Gasteiger partial charge in [-0.1, -0.05) is 6.42 Å². The second-order valence-corrected chi connectivity index (χ2v) is 7.69. The van der Waals surface area contributed by atoms with Crippen molar-refractivity contribution in [1.82, 2.24) is 0 Å². The van der Waals surface area contributed by atoms with Gasteiger partial charge >= 0.3 is 0 Å². The molecular weight excluding hydrogens is 352 g/mol. The van der Waals surface area contributed by atoms with E-state index in [4.69, 9.17) is 0 Å². The zero-order valence-electron chi connectivity index (χ0n) is 10.9. The molecular formula is C16H19FIN. The van der Waals surface area contributed by atoms with E-state index < -0.39 is 0 Å². The fourth-order valence-corrected chi connectivity index (χ4v) is 5.67. The monoisotopic (exact) mass is 371 g/mol. The summed E-state index contributed by atoms with van der Waals surface area (Å²) in [5.74, 6) is 3.72. The molecule has 102 valence electrons. The van der Waals surface area contributed by atoms with E-state index in [0.717, 1.165) is 32.9 Å². The summed E-state index contributed by atoms with van der Waals surface area (Å²) in [4.78, 5) is 0. The number of benzene rings is 1. The maximum atomic E-state index is 13.2. The summed E-state index contributed by atoms with van der Waals surface area (Å²) in [6.45, 7) is 0. The number of anilines is 1. The summed E-state index contributed by atoms with van der Waals surface area (Å²) < 4.78 is 14.2. The van der Waals surface area contributed by atoms with E-state index >= 15 is 0 Å². The number of halogens is 2. The Morgan fingerprint density at radius 1 is 1.11 bits per heavy atom. The van der Waals surface area contributed by atoms with Crippen molar-refractivity contribution in [3.63, 3.8) is 0 Å². The second-order valence-electron chi connectivity index (χ2n) is 6.53. The Labute approximate surface area is 127 Å². The van der Waals surface area contributed by atoms with Crippen molar-refractivity contribution >= 4 is 28.3 Å². The third-order valence-electron chi connectivity index (χ3n) is 5.70. The Bertz CT molecular complexity index is 504. The number of hydrogen-bond donors (Lipinski definition) is 1. The molecule has 19 heavy (non-hydrogen) atoms. The average Bonchev–Trinajstić information content (AvgIpc) is 3.04. The van der Waals surface area contributed by atoms with Crippen LogP contribution in [0.1, 0.15) is 32.1 Å². The zero-order valence-corrected chi connectivity index (χ0v) is 13.1. The minimum absolute atomic E-state index is 0.140. The molecule has 3 fully saturated rings. The Morgan fingerprint density at radius 3 is 2.79 bits per heavy atom. The molecule has 1 nitrogen and oxygen atoms in total. The molecule has 1 N–H and O–H groups in total. The standard InChI is InChI=1S/C16H19FIN/c17-10-4-5-15(14(18)8-10)19-16-7-9-6-13(16)12-3-1-2-11(9)12/h4-5,8-9,11-13,16,19H,1-3,6-7H2. The highest BCUT2D eigenvalue weighted by molar-refractivity contribution is 14.1. The Balaban J connectivity index is 1.52. The molecule has 3 aliphatic rings. The third-order valence-corrected chi connectivity index (χ3v) is 6.59. The van der Waals surface area contributed by atoms with Crippen molar-refractivity contribution in [1.29, 1.82) is 0 Å². The van der Waals surface area contributed by atoms with Crippen molar-refractivity contribution in [2.24, 2.45) is 23.7 Å². The first kappa shape index (κ1) is 12.4. The lowest BCUT2D eigenvalue weighted by Crippen LogP contribution is -2.34. The van der Waals surface area contributed by atoms with Gasteiger partial charge in [-0.05, 0) is 90.1 Å². The second kappa shape index (κ2) is 4.61. The summed E-state index contributed by atoms with van der Waals surface area (Å²) in [6.07, 6.45) is 7.14. The topological polar surface area (TPSA) is 12.0 Å². The fourth-order valence-electron chi connectivity index (χ4n) is 5.04. The SMILES string of the molecule is Fc1ccc(NC2CC3CC2C2CCCC32)c(I)c1. The number of fused-ring (bicyclic) bond motifs is 5. The lowest BCUT2D eigenvalue weighted by Gasteiger charge is -2.33. The molecule has 3 saturated carbocycles.